The van der Waals surface area contributed by atoms with Crippen molar-refractivity contribution >= 4 is 11.6 Å². The lowest BCUT2D eigenvalue weighted by Crippen LogP contribution is -2.48. The predicted molar refractivity (Wildman–Crippen MR) is 90.3 cm³/mol. The van der Waals surface area contributed by atoms with E-state index in [2.05, 4.69) is 61.2 Å². The van der Waals surface area contributed by atoms with Crippen molar-refractivity contribution in [1.82, 2.24) is 15.3 Å². The van der Waals surface area contributed by atoms with E-state index in [0.717, 1.165) is 44.2 Å². The van der Waals surface area contributed by atoms with E-state index in [1.807, 2.05) is 0 Å². The number of hydrogen-bond donors (Lipinski definition) is 1. The Bertz CT molecular complexity index is 468. The Balaban J connectivity index is 1.90. The molecule has 0 spiro atoms. The van der Waals surface area contributed by atoms with Crippen LogP contribution in [0, 0.1) is 0 Å². The highest BCUT2D eigenvalue weighted by Gasteiger charge is 2.23. The SMILES string of the molecule is CCCc1ccc(CN2CCN(NC(C)(C)C)C2)cc1Cl. The van der Waals surface area contributed by atoms with Gasteiger partial charge in [-0.15, -0.1) is 0 Å². The van der Waals surface area contributed by atoms with E-state index < -0.39 is 0 Å². The highest BCUT2D eigenvalue weighted by atomic mass is 35.5. The summed E-state index contributed by atoms with van der Waals surface area (Å²) in [6, 6.07) is 6.53. The first-order valence-corrected chi connectivity index (χ1v) is 8.27. The lowest BCUT2D eigenvalue weighted by Gasteiger charge is -2.28. The molecule has 1 fully saturated rings. The molecular weight excluding hydrogens is 282 g/mol. The molecule has 118 valence electrons. The fraction of sp³-hybridized carbons (Fsp3) is 0.647. The van der Waals surface area contributed by atoms with Crippen LogP contribution in [0.25, 0.3) is 0 Å². The molecule has 1 aliphatic heterocycles. The largest absolute Gasteiger partial charge is 0.284 e. The van der Waals surface area contributed by atoms with Crippen molar-refractivity contribution in [1.29, 1.82) is 0 Å². The minimum atomic E-state index is 0.126. The van der Waals surface area contributed by atoms with Crippen LogP contribution in [0.3, 0.4) is 0 Å². The minimum Gasteiger partial charge on any atom is -0.284 e. The van der Waals surface area contributed by atoms with Crippen molar-refractivity contribution < 1.29 is 0 Å². The van der Waals surface area contributed by atoms with Gasteiger partial charge in [-0.05, 0) is 44.4 Å². The van der Waals surface area contributed by atoms with Crippen LogP contribution in [-0.4, -0.2) is 35.2 Å². The van der Waals surface area contributed by atoms with Gasteiger partial charge in [-0.1, -0.05) is 37.1 Å². The Kier molecular flexibility index (Phi) is 5.67. The van der Waals surface area contributed by atoms with Crippen LogP contribution in [0.4, 0.5) is 0 Å². The van der Waals surface area contributed by atoms with E-state index >= 15 is 0 Å². The molecular formula is C17H28ClN3. The zero-order valence-electron chi connectivity index (χ0n) is 13.7. The van der Waals surface area contributed by atoms with Gasteiger partial charge in [-0.3, -0.25) is 4.90 Å². The van der Waals surface area contributed by atoms with Gasteiger partial charge in [-0.25, -0.2) is 10.4 Å². The molecule has 0 amide bonds. The first kappa shape index (κ1) is 16.8. The lowest BCUT2D eigenvalue weighted by molar-refractivity contribution is 0.129. The Morgan fingerprint density at radius 3 is 2.62 bits per heavy atom. The van der Waals surface area contributed by atoms with E-state index in [-0.39, 0.29) is 5.54 Å². The molecule has 1 heterocycles. The summed E-state index contributed by atoms with van der Waals surface area (Å²) in [6.07, 6.45) is 2.20. The molecule has 4 heteroatoms. The molecule has 1 N–H and O–H groups in total. The van der Waals surface area contributed by atoms with Crippen molar-refractivity contribution in [3.8, 4) is 0 Å². The molecule has 0 radical (unpaired) electrons. The molecule has 1 aromatic carbocycles. The van der Waals surface area contributed by atoms with E-state index in [1.165, 1.54) is 11.1 Å². The summed E-state index contributed by atoms with van der Waals surface area (Å²) < 4.78 is 0. The molecule has 0 saturated carbocycles. The zero-order valence-corrected chi connectivity index (χ0v) is 14.5. The Morgan fingerprint density at radius 2 is 2.00 bits per heavy atom. The van der Waals surface area contributed by atoms with Gasteiger partial charge in [0.15, 0.2) is 0 Å². The summed E-state index contributed by atoms with van der Waals surface area (Å²) in [5.74, 6) is 0. The fourth-order valence-corrected chi connectivity index (χ4v) is 3.06. The number of rotatable bonds is 5. The quantitative estimate of drug-likeness (QED) is 0.895. The Labute approximate surface area is 134 Å². The van der Waals surface area contributed by atoms with Gasteiger partial charge in [-0.2, -0.15) is 0 Å². The molecule has 3 nitrogen and oxygen atoms in total. The molecule has 0 unspecified atom stereocenters. The highest BCUT2D eigenvalue weighted by Crippen LogP contribution is 2.21. The summed E-state index contributed by atoms with van der Waals surface area (Å²) in [6.45, 7) is 12.9. The Hall–Kier alpha value is -0.610. The van der Waals surface area contributed by atoms with Gasteiger partial charge in [0.25, 0.3) is 0 Å². The topological polar surface area (TPSA) is 18.5 Å². The lowest BCUT2D eigenvalue weighted by atomic mass is 10.1. The van der Waals surface area contributed by atoms with Gasteiger partial charge in [0, 0.05) is 30.2 Å². The number of halogens is 1. The van der Waals surface area contributed by atoms with Crippen molar-refractivity contribution in [3.63, 3.8) is 0 Å². The second-order valence-corrected chi connectivity index (χ2v) is 7.40. The number of benzene rings is 1. The van der Waals surface area contributed by atoms with E-state index in [0.29, 0.717) is 0 Å². The van der Waals surface area contributed by atoms with Crippen molar-refractivity contribution in [3.05, 3.63) is 34.3 Å². The number of hydrogen-bond acceptors (Lipinski definition) is 3. The molecule has 21 heavy (non-hydrogen) atoms. The third-order valence-electron chi connectivity index (χ3n) is 3.59. The average Bonchev–Trinajstić information content (AvgIpc) is 2.78. The molecule has 1 aliphatic rings. The third-order valence-corrected chi connectivity index (χ3v) is 3.95. The maximum Gasteiger partial charge on any atom is 0.0650 e. The smallest absolute Gasteiger partial charge is 0.0650 e. The second kappa shape index (κ2) is 7.10. The zero-order chi connectivity index (χ0) is 15.5. The van der Waals surface area contributed by atoms with Crippen LogP contribution in [-0.2, 0) is 13.0 Å². The van der Waals surface area contributed by atoms with Gasteiger partial charge in [0.2, 0.25) is 0 Å². The summed E-state index contributed by atoms with van der Waals surface area (Å²) >= 11 is 6.37. The van der Waals surface area contributed by atoms with Gasteiger partial charge >= 0.3 is 0 Å². The molecule has 1 saturated heterocycles. The fourth-order valence-electron chi connectivity index (χ4n) is 2.76. The number of nitrogens with zero attached hydrogens (tertiary/aromatic N) is 2. The normalized spacial score (nSPS) is 17.6. The molecule has 0 bridgehead atoms. The van der Waals surface area contributed by atoms with Crippen LogP contribution in [0.5, 0.6) is 0 Å². The van der Waals surface area contributed by atoms with Crippen molar-refractivity contribution in [2.24, 2.45) is 0 Å². The Morgan fingerprint density at radius 1 is 1.24 bits per heavy atom. The molecule has 1 aromatic rings. The van der Waals surface area contributed by atoms with Crippen LogP contribution >= 0.6 is 11.6 Å². The molecule has 0 aliphatic carbocycles. The predicted octanol–water partition coefficient (Wildman–Crippen LogP) is 3.67. The maximum absolute atomic E-state index is 6.37. The highest BCUT2D eigenvalue weighted by molar-refractivity contribution is 6.31. The van der Waals surface area contributed by atoms with Crippen molar-refractivity contribution in [2.75, 3.05) is 19.8 Å². The van der Waals surface area contributed by atoms with Crippen LogP contribution in [0.15, 0.2) is 18.2 Å². The third kappa shape index (κ3) is 5.26. The molecule has 0 atom stereocenters. The summed E-state index contributed by atoms with van der Waals surface area (Å²) in [5.41, 5.74) is 6.23. The minimum absolute atomic E-state index is 0.126. The van der Waals surface area contributed by atoms with Crippen molar-refractivity contribution in [2.45, 2.75) is 52.6 Å². The average molecular weight is 310 g/mol. The molecule has 2 rings (SSSR count). The monoisotopic (exact) mass is 309 g/mol. The van der Waals surface area contributed by atoms with Crippen LogP contribution in [0.2, 0.25) is 5.02 Å². The van der Waals surface area contributed by atoms with Gasteiger partial charge in [0.05, 0.1) is 6.67 Å². The number of nitrogens with one attached hydrogen (secondary N) is 1. The summed E-state index contributed by atoms with van der Waals surface area (Å²) in [4.78, 5) is 2.45. The summed E-state index contributed by atoms with van der Waals surface area (Å²) in [7, 11) is 0. The van der Waals surface area contributed by atoms with E-state index in [1.54, 1.807) is 0 Å². The van der Waals surface area contributed by atoms with Gasteiger partial charge in [0.1, 0.15) is 0 Å². The summed E-state index contributed by atoms with van der Waals surface area (Å²) in [5, 5.41) is 3.21. The first-order chi connectivity index (χ1) is 9.87. The molecule has 0 aromatic heterocycles. The van der Waals surface area contributed by atoms with E-state index in [9.17, 15) is 0 Å². The van der Waals surface area contributed by atoms with Crippen LogP contribution < -0.4 is 5.43 Å². The second-order valence-electron chi connectivity index (χ2n) is 6.99. The number of aryl methyl sites for hydroxylation is 1. The van der Waals surface area contributed by atoms with E-state index in [4.69, 9.17) is 11.6 Å². The number of hydrazine groups is 1. The standard InChI is InChI=1S/C17H28ClN3/c1-5-6-15-8-7-14(11-16(15)18)12-20-9-10-21(13-20)19-17(2,3)4/h7-8,11,19H,5-6,9-10,12-13H2,1-4H3. The maximum atomic E-state index is 6.37. The van der Waals surface area contributed by atoms with Crippen LogP contribution in [0.1, 0.15) is 45.2 Å². The first-order valence-electron chi connectivity index (χ1n) is 7.90. The van der Waals surface area contributed by atoms with Gasteiger partial charge < -0.3 is 0 Å².